The topological polar surface area (TPSA) is 55.2 Å². The van der Waals surface area contributed by atoms with Gasteiger partial charge in [-0.15, -0.1) is 0 Å². The van der Waals surface area contributed by atoms with Gasteiger partial charge in [-0.05, 0) is 30.9 Å². The zero-order valence-corrected chi connectivity index (χ0v) is 14.0. The number of anilines is 1. The number of nitrogens with zero attached hydrogens (tertiary/aromatic N) is 1. The lowest BCUT2D eigenvalue weighted by Gasteiger charge is -2.37. The molecule has 5 heteroatoms. The number of benzene rings is 2. The summed E-state index contributed by atoms with van der Waals surface area (Å²) in [6, 6.07) is 11.7. The average Bonchev–Trinajstić information content (AvgIpc) is 3.05. The van der Waals surface area contributed by atoms with Gasteiger partial charge < -0.3 is 5.32 Å². The third kappa shape index (κ3) is 2.29. The van der Waals surface area contributed by atoms with Crippen molar-refractivity contribution in [1.82, 2.24) is 0 Å². The van der Waals surface area contributed by atoms with E-state index in [1.54, 1.807) is 6.07 Å². The number of allylic oxidation sites excluding steroid dienone is 2. The van der Waals surface area contributed by atoms with Gasteiger partial charge in [-0.3, -0.25) is 10.1 Å². The van der Waals surface area contributed by atoms with Crippen molar-refractivity contribution in [2.24, 2.45) is 5.92 Å². The Morgan fingerprint density at radius 2 is 1.96 bits per heavy atom. The van der Waals surface area contributed by atoms with Crippen molar-refractivity contribution in [2.45, 2.75) is 25.3 Å². The molecule has 0 saturated heterocycles. The molecule has 0 radical (unpaired) electrons. The molecule has 4 rings (SSSR count). The van der Waals surface area contributed by atoms with Gasteiger partial charge in [0, 0.05) is 12.0 Å². The number of halogens is 1. The Morgan fingerprint density at radius 1 is 1.21 bits per heavy atom. The first-order chi connectivity index (χ1) is 11.6. The number of fused-ring (bicyclic) bond motifs is 3. The van der Waals surface area contributed by atoms with Crippen LogP contribution in [0.2, 0.25) is 5.02 Å². The predicted octanol–water partition coefficient (Wildman–Crippen LogP) is 5.38. The Morgan fingerprint density at radius 3 is 2.67 bits per heavy atom. The minimum atomic E-state index is -0.313. The quantitative estimate of drug-likeness (QED) is 0.453. The zero-order chi connectivity index (χ0) is 16.8. The van der Waals surface area contributed by atoms with Crippen molar-refractivity contribution in [3.8, 4) is 0 Å². The maximum atomic E-state index is 11.5. The molecule has 1 aliphatic carbocycles. The predicted molar refractivity (Wildman–Crippen MR) is 95.6 cm³/mol. The van der Waals surface area contributed by atoms with Gasteiger partial charge in [0.05, 0.1) is 27.2 Å². The average molecular weight is 341 g/mol. The molecule has 1 N–H and O–H groups in total. The van der Waals surface area contributed by atoms with E-state index >= 15 is 0 Å². The third-order valence-corrected chi connectivity index (χ3v) is 5.39. The molecule has 0 amide bonds. The summed E-state index contributed by atoms with van der Waals surface area (Å²) in [5, 5.41) is 15.5. The van der Waals surface area contributed by atoms with Crippen molar-refractivity contribution in [2.75, 3.05) is 5.32 Å². The summed E-state index contributed by atoms with van der Waals surface area (Å²) in [4.78, 5) is 11.2. The second-order valence-corrected chi connectivity index (χ2v) is 6.91. The highest BCUT2D eigenvalue weighted by molar-refractivity contribution is 6.33. The first-order valence-corrected chi connectivity index (χ1v) is 8.40. The fourth-order valence-electron chi connectivity index (χ4n) is 3.92. The van der Waals surface area contributed by atoms with E-state index in [9.17, 15) is 10.1 Å². The van der Waals surface area contributed by atoms with Crippen LogP contribution < -0.4 is 5.32 Å². The van der Waals surface area contributed by atoms with Crippen molar-refractivity contribution in [3.63, 3.8) is 0 Å². The first-order valence-electron chi connectivity index (χ1n) is 8.03. The zero-order valence-electron chi connectivity index (χ0n) is 13.2. The first kappa shape index (κ1) is 15.2. The molecule has 0 saturated carbocycles. The van der Waals surface area contributed by atoms with Crippen LogP contribution in [0.4, 0.5) is 11.4 Å². The van der Waals surface area contributed by atoms with Gasteiger partial charge in [0.15, 0.2) is 0 Å². The number of nitro groups is 1. The minimum absolute atomic E-state index is 0.0200. The molecule has 2 aromatic carbocycles. The van der Waals surface area contributed by atoms with Gasteiger partial charge >= 0.3 is 0 Å². The van der Waals surface area contributed by atoms with E-state index in [4.69, 9.17) is 11.6 Å². The number of hydrogen-bond donors (Lipinski definition) is 1. The lowest BCUT2D eigenvalue weighted by Crippen LogP contribution is -2.29. The smallest absolute Gasteiger partial charge is 0.275 e. The van der Waals surface area contributed by atoms with E-state index in [2.05, 4.69) is 48.7 Å². The lowest BCUT2D eigenvalue weighted by molar-refractivity contribution is -0.385. The molecule has 0 fully saturated rings. The minimum Gasteiger partial charge on any atom is -0.376 e. The number of hydrogen-bond acceptors (Lipinski definition) is 3. The molecule has 0 unspecified atom stereocenters. The van der Waals surface area contributed by atoms with E-state index in [1.165, 1.54) is 17.2 Å². The second-order valence-electron chi connectivity index (χ2n) is 6.50. The molecular formula is C19H17ClN2O2. The maximum Gasteiger partial charge on any atom is 0.275 e. The molecule has 0 spiro atoms. The Balaban J connectivity index is 1.86. The number of rotatable bonds is 2. The molecule has 0 aromatic heterocycles. The number of nitrogens with one attached hydrogen (secondary N) is 1. The number of aryl methyl sites for hydroxylation is 1. The van der Waals surface area contributed by atoms with Gasteiger partial charge in [0.2, 0.25) is 0 Å². The molecular weight excluding hydrogens is 324 g/mol. The lowest BCUT2D eigenvalue weighted by atomic mass is 9.76. The van der Waals surface area contributed by atoms with Gasteiger partial charge in [0.1, 0.15) is 0 Å². The normalized spacial score (nSPS) is 24.2. The van der Waals surface area contributed by atoms with Crippen molar-refractivity contribution < 1.29 is 4.92 Å². The molecule has 1 heterocycles. The van der Waals surface area contributed by atoms with Crippen LogP contribution in [0.1, 0.15) is 35.1 Å². The molecule has 122 valence electrons. The summed E-state index contributed by atoms with van der Waals surface area (Å²) in [6.07, 6.45) is 5.12. The molecule has 4 nitrogen and oxygen atoms in total. The SMILES string of the molecule is Cc1ccc([C@@H]2Nc3c(Cl)ccc([N+](=O)[O-])c3[C@H]3C=CC[C@@H]32)cc1. The summed E-state index contributed by atoms with van der Waals surface area (Å²) in [6.45, 7) is 2.06. The number of nitro benzene ring substituents is 1. The van der Waals surface area contributed by atoms with Gasteiger partial charge in [-0.1, -0.05) is 53.6 Å². The molecule has 2 aliphatic rings. The molecule has 1 aliphatic heterocycles. The third-order valence-electron chi connectivity index (χ3n) is 5.08. The van der Waals surface area contributed by atoms with Crippen LogP contribution in [0, 0.1) is 23.0 Å². The summed E-state index contributed by atoms with van der Waals surface area (Å²) in [5.41, 5.74) is 3.96. The Bertz CT molecular complexity index is 845. The fraction of sp³-hybridized carbons (Fsp3) is 0.263. The van der Waals surface area contributed by atoms with E-state index in [1.807, 2.05) is 0 Å². The molecule has 3 atom stereocenters. The highest BCUT2D eigenvalue weighted by atomic mass is 35.5. The molecule has 2 aromatic rings. The van der Waals surface area contributed by atoms with E-state index < -0.39 is 0 Å². The van der Waals surface area contributed by atoms with Crippen LogP contribution in [0.25, 0.3) is 0 Å². The van der Waals surface area contributed by atoms with Gasteiger partial charge in [-0.2, -0.15) is 0 Å². The van der Waals surface area contributed by atoms with Crippen molar-refractivity contribution in [3.05, 3.63) is 80.4 Å². The summed E-state index contributed by atoms with van der Waals surface area (Å²) >= 11 is 6.38. The van der Waals surface area contributed by atoms with Gasteiger partial charge in [0.25, 0.3) is 5.69 Å². The largest absolute Gasteiger partial charge is 0.376 e. The van der Waals surface area contributed by atoms with Crippen molar-refractivity contribution in [1.29, 1.82) is 0 Å². The maximum absolute atomic E-state index is 11.5. The second kappa shape index (κ2) is 5.64. The highest BCUT2D eigenvalue weighted by Gasteiger charge is 2.42. The summed E-state index contributed by atoms with van der Waals surface area (Å²) in [7, 11) is 0. The monoisotopic (exact) mass is 340 g/mol. The Labute approximate surface area is 145 Å². The van der Waals surface area contributed by atoms with Crippen LogP contribution >= 0.6 is 11.6 Å². The Kier molecular flexibility index (Phi) is 3.57. The molecule has 24 heavy (non-hydrogen) atoms. The standard InChI is InChI=1S/C19H17ClN2O2/c1-11-5-7-12(8-6-11)18-14-4-2-3-13(14)17-16(22(23)24)10-9-15(20)19(17)21-18/h2-3,5-10,13-14,18,21H,4H2,1H3/t13-,14-,18-/m0/s1. The fourth-order valence-corrected chi connectivity index (χ4v) is 4.14. The summed E-state index contributed by atoms with van der Waals surface area (Å²) in [5.74, 6) is 0.282. The van der Waals surface area contributed by atoms with Crippen LogP contribution in [0.15, 0.2) is 48.6 Å². The summed E-state index contributed by atoms with van der Waals surface area (Å²) < 4.78 is 0. The highest BCUT2D eigenvalue weighted by Crippen LogP contribution is 2.54. The van der Waals surface area contributed by atoms with E-state index in [-0.39, 0.29) is 28.5 Å². The Hall–Kier alpha value is -2.33. The van der Waals surface area contributed by atoms with Crippen LogP contribution in [-0.4, -0.2) is 4.92 Å². The van der Waals surface area contributed by atoms with Gasteiger partial charge in [-0.25, -0.2) is 0 Å². The van der Waals surface area contributed by atoms with Crippen molar-refractivity contribution >= 4 is 23.0 Å². The van der Waals surface area contributed by atoms with Crippen LogP contribution in [0.5, 0.6) is 0 Å². The van der Waals surface area contributed by atoms with Crippen LogP contribution in [0.3, 0.4) is 0 Å². The van der Waals surface area contributed by atoms with E-state index in [0.717, 1.165) is 12.0 Å². The van der Waals surface area contributed by atoms with Crippen LogP contribution in [-0.2, 0) is 0 Å². The molecule has 0 bridgehead atoms. The van der Waals surface area contributed by atoms with E-state index in [0.29, 0.717) is 10.7 Å².